The minimum absolute atomic E-state index is 0.0224. The molecule has 3 heterocycles. The van der Waals surface area contributed by atoms with Crippen LogP contribution in [0.4, 0.5) is 5.69 Å². The summed E-state index contributed by atoms with van der Waals surface area (Å²) in [5, 5.41) is 0.604. The van der Waals surface area contributed by atoms with Crippen molar-refractivity contribution in [3.8, 4) is 0 Å². The molecular formula is C21H21ClN4O3. The van der Waals surface area contributed by atoms with Crippen molar-refractivity contribution in [3.63, 3.8) is 0 Å². The minimum atomic E-state index is -0.361. The lowest BCUT2D eigenvalue weighted by Gasteiger charge is -2.36. The average molecular weight is 413 g/mol. The van der Waals surface area contributed by atoms with Crippen molar-refractivity contribution in [2.75, 3.05) is 37.6 Å². The van der Waals surface area contributed by atoms with Gasteiger partial charge in [-0.05, 0) is 36.4 Å². The first-order chi connectivity index (χ1) is 14.0. The van der Waals surface area contributed by atoms with Crippen molar-refractivity contribution in [3.05, 3.63) is 59.4 Å². The summed E-state index contributed by atoms with van der Waals surface area (Å²) >= 11 is 5.91. The number of aromatic nitrogens is 1. The van der Waals surface area contributed by atoms with E-state index < -0.39 is 0 Å². The van der Waals surface area contributed by atoms with E-state index in [1.807, 2.05) is 0 Å². The molecule has 0 saturated carbocycles. The lowest BCUT2D eigenvalue weighted by molar-refractivity contribution is -0.137. The van der Waals surface area contributed by atoms with Gasteiger partial charge >= 0.3 is 0 Å². The third-order valence-electron chi connectivity index (χ3n) is 5.42. The van der Waals surface area contributed by atoms with Gasteiger partial charge < -0.3 is 14.7 Å². The molecule has 4 rings (SSSR count). The Labute approximate surface area is 173 Å². The van der Waals surface area contributed by atoms with Gasteiger partial charge in [0.25, 0.3) is 5.91 Å². The van der Waals surface area contributed by atoms with Crippen LogP contribution in [0.1, 0.15) is 16.8 Å². The van der Waals surface area contributed by atoms with Gasteiger partial charge in [0.1, 0.15) is 0 Å². The Bertz CT molecular complexity index is 911. The normalized spacial score (nSPS) is 19.6. The molecule has 2 fully saturated rings. The van der Waals surface area contributed by atoms with Crippen molar-refractivity contribution < 1.29 is 14.4 Å². The molecular weight excluding hydrogens is 392 g/mol. The molecule has 29 heavy (non-hydrogen) atoms. The van der Waals surface area contributed by atoms with Gasteiger partial charge in [-0.1, -0.05) is 11.6 Å². The average Bonchev–Trinajstić information content (AvgIpc) is 3.15. The van der Waals surface area contributed by atoms with Crippen LogP contribution in [-0.2, 0) is 9.59 Å². The highest BCUT2D eigenvalue weighted by molar-refractivity contribution is 6.30. The van der Waals surface area contributed by atoms with Crippen LogP contribution in [-0.4, -0.2) is 65.2 Å². The maximum Gasteiger partial charge on any atom is 0.254 e. The first-order valence-electron chi connectivity index (χ1n) is 9.57. The smallest absolute Gasteiger partial charge is 0.254 e. The molecule has 2 saturated heterocycles. The topological polar surface area (TPSA) is 73.8 Å². The Morgan fingerprint density at radius 3 is 2.21 bits per heavy atom. The second-order valence-electron chi connectivity index (χ2n) is 7.24. The molecule has 2 aliphatic heterocycles. The number of hydrogen-bond acceptors (Lipinski definition) is 4. The fraction of sp³-hybridized carbons (Fsp3) is 0.333. The lowest BCUT2D eigenvalue weighted by atomic mass is 10.1. The van der Waals surface area contributed by atoms with Gasteiger partial charge in [-0.2, -0.15) is 0 Å². The van der Waals surface area contributed by atoms with Gasteiger partial charge in [0.2, 0.25) is 11.8 Å². The maximum atomic E-state index is 12.9. The lowest BCUT2D eigenvalue weighted by Crippen LogP contribution is -2.52. The molecule has 2 aliphatic rings. The zero-order valence-electron chi connectivity index (χ0n) is 15.8. The van der Waals surface area contributed by atoms with Crippen LogP contribution in [0.2, 0.25) is 5.02 Å². The number of rotatable bonds is 3. The number of anilines is 1. The molecule has 0 spiro atoms. The van der Waals surface area contributed by atoms with E-state index in [1.165, 1.54) is 0 Å². The quantitative estimate of drug-likeness (QED) is 0.773. The first kappa shape index (κ1) is 19.4. The summed E-state index contributed by atoms with van der Waals surface area (Å²) in [6, 6.07) is 10.4. The Kier molecular flexibility index (Phi) is 5.49. The molecule has 0 bridgehead atoms. The van der Waals surface area contributed by atoms with Crippen molar-refractivity contribution in [1.29, 1.82) is 0 Å². The van der Waals surface area contributed by atoms with Crippen LogP contribution >= 0.6 is 11.6 Å². The Morgan fingerprint density at radius 2 is 1.55 bits per heavy atom. The number of amides is 3. The highest BCUT2D eigenvalue weighted by Crippen LogP contribution is 2.27. The molecule has 1 unspecified atom stereocenters. The van der Waals surface area contributed by atoms with Gasteiger partial charge in [0.05, 0.1) is 5.92 Å². The molecule has 1 atom stereocenters. The molecule has 1 aromatic heterocycles. The number of pyridine rings is 1. The number of carbonyl (C=O) groups is 3. The Balaban J connectivity index is 1.34. The monoisotopic (exact) mass is 412 g/mol. The van der Waals surface area contributed by atoms with Crippen molar-refractivity contribution in [1.82, 2.24) is 14.8 Å². The zero-order chi connectivity index (χ0) is 20.4. The minimum Gasteiger partial charge on any atom is -0.339 e. The van der Waals surface area contributed by atoms with Crippen molar-refractivity contribution in [2.24, 2.45) is 5.92 Å². The summed E-state index contributed by atoms with van der Waals surface area (Å²) in [5.74, 6) is -0.493. The fourth-order valence-corrected chi connectivity index (χ4v) is 3.93. The predicted molar refractivity (Wildman–Crippen MR) is 109 cm³/mol. The first-order valence-corrected chi connectivity index (χ1v) is 9.95. The highest BCUT2D eigenvalue weighted by Gasteiger charge is 2.38. The van der Waals surface area contributed by atoms with Gasteiger partial charge in [-0.3, -0.25) is 19.4 Å². The van der Waals surface area contributed by atoms with Crippen LogP contribution in [0.25, 0.3) is 0 Å². The highest BCUT2D eigenvalue weighted by atomic mass is 35.5. The van der Waals surface area contributed by atoms with Crippen LogP contribution in [0, 0.1) is 5.92 Å². The van der Waals surface area contributed by atoms with E-state index >= 15 is 0 Å². The van der Waals surface area contributed by atoms with E-state index in [2.05, 4.69) is 4.98 Å². The molecule has 8 heteroatoms. The molecule has 0 N–H and O–H groups in total. The van der Waals surface area contributed by atoms with Crippen LogP contribution < -0.4 is 4.90 Å². The van der Waals surface area contributed by atoms with Crippen LogP contribution in [0.5, 0.6) is 0 Å². The molecule has 0 radical (unpaired) electrons. The molecule has 2 aromatic rings. The maximum absolute atomic E-state index is 12.9. The Hall–Kier alpha value is -2.93. The largest absolute Gasteiger partial charge is 0.339 e. The van der Waals surface area contributed by atoms with E-state index in [4.69, 9.17) is 11.6 Å². The van der Waals surface area contributed by atoms with E-state index in [9.17, 15) is 14.4 Å². The number of benzene rings is 1. The number of hydrogen-bond donors (Lipinski definition) is 0. The number of halogens is 1. The number of nitrogens with zero attached hydrogens (tertiary/aromatic N) is 4. The van der Waals surface area contributed by atoms with E-state index in [1.54, 1.807) is 63.5 Å². The standard InChI is InChI=1S/C21H21ClN4O3/c22-17-1-3-18(4-2-17)26-14-16(13-19(26)27)21(29)25-11-9-24(10-12-25)20(28)15-5-7-23-8-6-15/h1-8,16H,9-14H2. The van der Waals surface area contributed by atoms with E-state index in [0.29, 0.717) is 43.3 Å². The SMILES string of the molecule is O=C(c1ccncc1)N1CCN(C(=O)C2CC(=O)N(c3ccc(Cl)cc3)C2)CC1. The molecule has 3 amide bonds. The van der Waals surface area contributed by atoms with Gasteiger partial charge in [0, 0.05) is 67.8 Å². The second-order valence-corrected chi connectivity index (χ2v) is 7.67. The molecule has 150 valence electrons. The van der Waals surface area contributed by atoms with Crippen molar-refractivity contribution in [2.45, 2.75) is 6.42 Å². The third kappa shape index (κ3) is 4.10. The van der Waals surface area contributed by atoms with E-state index in [0.717, 1.165) is 5.69 Å². The summed E-state index contributed by atoms with van der Waals surface area (Å²) in [5.41, 5.74) is 1.35. The number of piperazine rings is 1. The fourth-order valence-electron chi connectivity index (χ4n) is 3.81. The molecule has 0 aliphatic carbocycles. The number of carbonyl (C=O) groups excluding carboxylic acids is 3. The zero-order valence-corrected chi connectivity index (χ0v) is 16.6. The van der Waals surface area contributed by atoms with Crippen LogP contribution in [0.15, 0.2) is 48.8 Å². The molecule has 7 nitrogen and oxygen atoms in total. The Morgan fingerprint density at radius 1 is 0.931 bits per heavy atom. The summed E-state index contributed by atoms with van der Waals surface area (Å²) in [6.45, 7) is 2.28. The summed E-state index contributed by atoms with van der Waals surface area (Å²) in [6.07, 6.45) is 3.39. The third-order valence-corrected chi connectivity index (χ3v) is 5.67. The predicted octanol–water partition coefficient (Wildman–Crippen LogP) is 2.07. The van der Waals surface area contributed by atoms with Gasteiger partial charge in [0.15, 0.2) is 0 Å². The van der Waals surface area contributed by atoms with Gasteiger partial charge in [-0.25, -0.2) is 0 Å². The van der Waals surface area contributed by atoms with Crippen molar-refractivity contribution >= 4 is 35.0 Å². The summed E-state index contributed by atoms with van der Waals surface area (Å²) < 4.78 is 0. The summed E-state index contributed by atoms with van der Waals surface area (Å²) in [4.78, 5) is 47.0. The van der Waals surface area contributed by atoms with E-state index in [-0.39, 0.29) is 30.1 Å². The molecule has 1 aromatic carbocycles. The van der Waals surface area contributed by atoms with Crippen LogP contribution in [0.3, 0.4) is 0 Å². The summed E-state index contributed by atoms with van der Waals surface area (Å²) in [7, 11) is 0. The van der Waals surface area contributed by atoms with Gasteiger partial charge in [-0.15, -0.1) is 0 Å². The second kappa shape index (κ2) is 8.21.